The molecule has 2 saturated heterocycles. The van der Waals surface area contributed by atoms with Gasteiger partial charge in [-0.25, -0.2) is 0 Å². The van der Waals surface area contributed by atoms with Crippen molar-refractivity contribution in [3.05, 3.63) is 24.3 Å². The molecule has 6 nitrogen and oxygen atoms in total. The number of fused-ring (bicyclic) bond motifs is 2. The third-order valence-electron chi connectivity index (χ3n) is 12.2. The highest BCUT2D eigenvalue weighted by Crippen LogP contribution is 2.48. The van der Waals surface area contributed by atoms with Crippen molar-refractivity contribution >= 4 is 6.29 Å². The van der Waals surface area contributed by atoms with Crippen LogP contribution in [-0.4, -0.2) is 65.4 Å². The first kappa shape index (κ1) is 30.4. The Labute approximate surface area is 244 Å². The summed E-state index contributed by atoms with van der Waals surface area (Å²) >= 11 is 0. The Bertz CT molecular complexity index is 908. The van der Waals surface area contributed by atoms with Crippen LogP contribution in [0.1, 0.15) is 85.5 Å². The van der Waals surface area contributed by atoms with Crippen molar-refractivity contribution < 1.29 is 9.90 Å². The van der Waals surface area contributed by atoms with Crippen molar-refractivity contribution in [1.82, 2.24) is 15.1 Å². The second-order valence-corrected chi connectivity index (χ2v) is 14.7. The molecular formula is C34H58N4O2. The molecule has 0 aromatic heterocycles. The molecule has 2 heterocycles. The first-order valence-corrected chi connectivity index (χ1v) is 16.6. The van der Waals surface area contributed by atoms with E-state index in [9.17, 15) is 9.90 Å². The van der Waals surface area contributed by atoms with Crippen LogP contribution in [0.2, 0.25) is 0 Å². The minimum absolute atomic E-state index is 0.0718. The van der Waals surface area contributed by atoms with E-state index in [0.717, 1.165) is 44.4 Å². The molecule has 3 fully saturated rings. The van der Waals surface area contributed by atoms with Gasteiger partial charge in [-0.2, -0.15) is 0 Å². The van der Waals surface area contributed by atoms with Gasteiger partial charge in [0, 0.05) is 24.4 Å². The zero-order valence-corrected chi connectivity index (χ0v) is 25.9. The summed E-state index contributed by atoms with van der Waals surface area (Å²) < 4.78 is 0. The number of piperidine rings is 1. The number of hydrogen-bond donors (Lipinski definition) is 3. The number of carbonyl (C=O) groups is 1. The molecule has 5 rings (SSSR count). The minimum Gasteiger partial charge on any atom is -0.378 e. The molecule has 2 aliphatic heterocycles. The molecule has 226 valence electrons. The van der Waals surface area contributed by atoms with Gasteiger partial charge in [0.25, 0.3) is 0 Å². The molecule has 14 atom stereocenters. The Morgan fingerprint density at radius 2 is 1.75 bits per heavy atom. The fraction of sp³-hybridized carbons (Fsp3) is 0.853. The van der Waals surface area contributed by atoms with Crippen molar-refractivity contribution in [2.75, 3.05) is 13.6 Å². The number of carbonyl (C=O) groups excluding carboxylic acids is 1. The van der Waals surface area contributed by atoms with Crippen LogP contribution in [0, 0.1) is 53.3 Å². The van der Waals surface area contributed by atoms with Crippen LogP contribution in [0.4, 0.5) is 0 Å². The SMILES string of the molecule is CC1CCC2C(N)NCC(C)C2C(CCC2N(C)C3C=CCC(CC=O)C3C(O)N2C2CC=CCC2C)C(C)C1. The van der Waals surface area contributed by atoms with E-state index in [4.69, 9.17) is 5.73 Å². The predicted octanol–water partition coefficient (Wildman–Crippen LogP) is 4.99. The van der Waals surface area contributed by atoms with E-state index in [2.05, 4.69) is 74.2 Å². The van der Waals surface area contributed by atoms with E-state index >= 15 is 0 Å². The lowest BCUT2D eigenvalue weighted by atomic mass is 9.61. The van der Waals surface area contributed by atoms with E-state index in [1.54, 1.807) is 0 Å². The maximum Gasteiger partial charge on any atom is 0.120 e. The highest BCUT2D eigenvalue weighted by atomic mass is 16.3. The van der Waals surface area contributed by atoms with E-state index in [-0.39, 0.29) is 30.2 Å². The monoisotopic (exact) mass is 554 g/mol. The Balaban J connectivity index is 1.45. The van der Waals surface area contributed by atoms with Crippen LogP contribution in [0.3, 0.4) is 0 Å². The van der Waals surface area contributed by atoms with E-state index in [0.29, 0.717) is 48.0 Å². The van der Waals surface area contributed by atoms with Crippen LogP contribution < -0.4 is 11.1 Å². The molecule has 0 radical (unpaired) electrons. The Morgan fingerprint density at radius 3 is 2.50 bits per heavy atom. The Morgan fingerprint density at radius 1 is 0.975 bits per heavy atom. The molecule has 3 aliphatic carbocycles. The molecule has 6 heteroatoms. The fourth-order valence-corrected chi connectivity index (χ4v) is 10.1. The van der Waals surface area contributed by atoms with Crippen LogP contribution in [-0.2, 0) is 4.79 Å². The summed E-state index contributed by atoms with van der Waals surface area (Å²) in [4.78, 5) is 16.7. The number of aldehydes is 1. The summed E-state index contributed by atoms with van der Waals surface area (Å²) in [5.74, 6) is 4.68. The molecule has 0 aromatic carbocycles. The highest BCUT2D eigenvalue weighted by molar-refractivity contribution is 5.50. The summed E-state index contributed by atoms with van der Waals surface area (Å²) in [5, 5.41) is 15.8. The van der Waals surface area contributed by atoms with Crippen molar-refractivity contribution in [3.8, 4) is 0 Å². The Hall–Kier alpha value is -1.05. The molecule has 0 spiro atoms. The summed E-state index contributed by atoms with van der Waals surface area (Å²) in [7, 11) is 2.29. The number of aliphatic hydroxyl groups is 1. The number of rotatable bonds is 6. The molecule has 14 unspecified atom stereocenters. The number of aliphatic hydroxyl groups excluding tert-OH is 1. The smallest absolute Gasteiger partial charge is 0.120 e. The standard InChI is InChI=1S/C34H58N4O2/c1-21-13-14-27-31(24(4)20-36-33(27)35)26(23(3)19-21)15-16-30-37(5)29-12-8-10-25(17-18-39)32(29)34(40)38(30)28-11-7-6-9-22(28)2/h6-8,12,18,21-34,36,40H,9-11,13-17,19-20,35H2,1-5H3. The predicted molar refractivity (Wildman–Crippen MR) is 163 cm³/mol. The zero-order valence-electron chi connectivity index (χ0n) is 25.9. The van der Waals surface area contributed by atoms with Gasteiger partial charge in [-0.1, -0.05) is 58.4 Å². The lowest BCUT2D eigenvalue weighted by molar-refractivity contribution is -0.202. The van der Waals surface area contributed by atoms with Gasteiger partial charge in [0.1, 0.15) is 12.5 Å². The fourth-order valence-electron chi connectivity index (χ4n) is 10.1. The number of nitrogens with one attached hydrogen (secondary N) is 1. The van der Waals surface area contributed by atoms with Gasteiger partial charge in [0.2, 0.25) is 0 Å². The van der Waals surface area contributed by atoms with Gasteiger partial charge in [-0.3, -0.25) is 9.80 Å². The summed E-state index contributed by atoms with van der Waals surface area (Å²) in [6, 6.07) is 0.503. The second kappa shape index (κ2) is 13.1. The van der Waals surface area contributed by atoms with Crippen molar-refractivity contribution in [2.45, 2.75) is 116 Å². The topological polar surface area (TPSA) is 81.8 Å². The molecule has 5 aliphatic rings. The van der Waals surface area contributed by atoms with Gasteiger partial charge >= 0.3 is 0 Å². The second-order valence-electron chi connectivity index (χ2n) is 14.7. The van der Waals surface area contributed by atoms with Crippen LogP contribution in [0.25, 0.3) is 0 Å². The van der Waals surface area contributed by atoms with Crippen molar-refractivity contribution in [1.29, 1.82) is 0 Å². The van der Waals surface area contributed by atoms with Crippen LogP contribution in [0.15, 0.2) is 24.3 Å². The van der Waals surface area contributed by atoms with Crippen LogP contribution >= 0.6 is 0 Å². The first-order valence-electron chi connectivity index (χ1n) is 16.6. The number of nitrogens with zero attached hydrogens (tertiary/aromatic N) is 2. The Kier molecular flexibility index (Phi) is 9.94. The van der Waals surface area contributed by atoms with Gasteiger partial charge in [0.05, 0.1) is 12.3 Å². The molecule has 0 amide bonds. The average Bonchev–Trinajstić information content (AvgIpc) is 2.92. The van der Waals surface area contributed by atoms with Gasteiger partial charge in [0.15, 0.2) is 0 Å². The zero-order chi connectivity index (χ0) is 28.6. The minimum atomic E-state index is -0.520. The number of nitrogens with two attached hydrogens (primary N) is 1. The van der Waals surface area contributed by atoms with Gasteiger partial charge in [-0.05, 0) is 106 Å². The number of hydrogen-bond acceptors (Lipinski definition) is 6. The van der Waals surface area contributed by atoms with Gasteiger partial charge < -0.3 is 21.0 Å². The maximum atomic E-state index is 12.2. The lowest BCUT2D eigenvalue weighted by Crippen LogP contribution is -2.69. The highest BCUT2D eigenvalue weighted by Gasteiger charge is 2.51. The maximum absolute atomic E-state index is 12.2. The molecular weight excluding hydrogens is 496 g/mol. The molecule has 40 heavy (non-hydrogen) atoms. The molecule has 0 bridgehead atoms. The summed E-state index contributed by atoms with van der Waals surface area (Å²) in [6.45, 7) is 10.8. The average molecular weight is 555 g/mol. The first-order chi connectivity index (χ1) is 19.2. The third kappa shape index (κ3) is 5.90. The third-order valence-corrected chi connectivity index (χ3v) is 12.2. The van der Waals surface area contributed by atoms with Crippen molar-refractivity contribution in [3.63, 3.8) is 0 Å². The number of likely N-dealkylation sites (N-methyl/N-ethyl adjacent to an activating group) is 1. The van der Waals surface area contributed by atoms with E-state index < -0.39 is 6.23 Å². The van der Waals surface area contributed by atoms with E-state index in [1.165, 1.54) is 25.7 Å². The van der Waals surface area contributed by atoms with E-state index in [1.807, 2.05) is 0 Å². The summed E-state index contributed by atoms with van der Waals surface area (Å²) in [5.41, 5.74) is 6.75. The van der Waals surface area contributed by atoms with Crippen LogP contribution in [0.5, 0.6) is 0 Å². The molecule has 0 aromatic rings. The molecule has 1 saturated carbocycles. The largest absolute Gasteiger partial charge is 0.378 e. The quantitative estimate of drug-likeness (QED) is 0.317. The molecule has 4 N–H and O–H groups in total. The summed E-state index contributed by atoms with van der Waals surface area (Å²) in [6.07, 6.45) is 19.6. The number of allylic oxidation sites excluding steroid dienone is 2. The van der Waals surface area contributed by atoms with Gasteiger partial charge in [-0.15, -0.1) is 0 Å². The lowest BCUT2D eigenvalue weighted by Gasteiger charge is -2.59. The normalized spacial score (nSPS) is 48.6. The van der Waals surface area contributed by atoms with Crippen molar-refractivity contribution in [2.24, 2.45) is 59.0 Å².